The van der Waals surface area contributed by atoms with E-state index in [4.69, 9.17) is 5.73 Å². The van der Waals surface area contributed by atoms with Crippen LogP contribution in [-0.2, 0) is 11.2 Å². The van der Waals surface area contributed by atoms with Gasteiger partial charge in [0.25, 0.3) is 0 Å². The zero-order valence-electron chi connectivity index (χ0n) is 11.6. The van der Waals surface area contributed by atoms with E-state index in [-0.39, 0.29) is 5.91 Å². The summed E-state index contributed by atoms with van der Waals surface area (Å²) in [6.45, 7) is 5.01. The Bertz CT molecular complexity index is 473. The zero-order chi connectivity index (χ0) is 13.8. The molecule has 2 rings (SSSR count). The first-order valence-corrected chi connectivity index (χ1v) is 6.74. The lowest BCUT2D eigenvalue weighted by atomic mass is 10.0. The zero-order valence-corrected chi connectivity index (χ0v) is 11.6. The first kappa shape index (κ1) is 13.7. The number of benzene rings is 1. The van der Waals surface area contributed by atoms with Gasteiger partial charge in [-0.3, -0.25) is 4.79 Å². The first-order valence-electron chi connectivity index (χ1n) is 6.74. The molecule has 0 saturated carbocycles. The van der Waals surface area contributed by atoms with Gasteiger partial charge in [-0.25, -0.2) is 0 Å². The molecular weight excluding hydrogens is 240 g/mol. The van der Waals surface area contributed by atoms with E-state index in [0.29, 0.717) is 12.1 Å². The van der Waals surface area contributed by atoms with Gasteiger partial charge < -0.3 is 21.3 Å². The van der Waals surface area contributed by atoms with E-state index in [1.807, 2.05) is 6.07 Å². The monoisotopic (exact) mass is 262 g/mol. The molecule has 0 saturated heterocycles. The smallest absolute Gasteiger partial charge is 0.224 e. The molecule has 1 aromatic rings. The molecule has 0 spiro atoms. The normalized spacial score (nSPS) is 14.2. The van der Waals surface area contributed by atoms with Gasteiger partial charge in [-0.1, -0.05) is 6.92 Å². The summed E-state index contributed by atoms with van der Waals surface area (Å²) in [6, 6.07) is 3.90. The number of nitrogens with zero attached hydrogens (tertiary/aromatic N) is 1. The predicted octanol–water partition coefficient (Wildman–Crippen LogP) is 1.52. The maximum atomic E-state index is 11.3. The van der Waals surface area contributed by atoms with Crippen LogP contribution in [-0.4, -0.2) is 37.5 Å². The molecule has 1 aliphatic rings. The van der Waals surface area contributed by atoms with Gasteiger partial charge >= 0.3 is 0 Å². The number of nitrogen functional groups attached to an aromatic ring is 1. The Morgan fingerprint density at radius 3 is 2.95 bits per heavy atom. The second kappa shape index (κ2) is 5.93. The highest BCUT2D eigenvalue weighted by Gasteiger charge is 2.16. The van der Waals surface area contributed by atoms with Crippen LogP contribution in [0.4, 0.5) is 17.1 Å². The molecule has 1 aliphatic heterocycles. The van der Waals surface area contributed by atoms with Gasteiger partial charge in [-0.2, -0.15) is 0 Å². The Kier molecular flexibility index (Phi) is 4.27. The van der Waals surface area contributed by atoms with Gasteiger partial charge in [0.2, 0.25) is 5.91 Å². The second-order valence-electron chi connectivity index (χ2n) is 4.97. The Hall–Kier alpha value is -1.75. The minimum Gasteiger partial charge on any atom is -0.397 e. The van der Waals surface area contributed by atoms with Crippen molar-refractivity contribution in [2.45, 2.75) is 19.8 Å². The van der Waals surface area contributed by atoms with Gasteiger partial charge in [-0.05, 0) is 37.7 Å². The van der Waals surface area contributed by atoms with Crippen molar-refractivity contribution in [1.29, 1.82) is 0 Å². The number of carbonyl (C=O) groups is 1. The molecule has 0 aliphatic carbocycles. The van der Waals surface area contributed by atoms with Crippen molar-refractivity contribution in [3.63, 3.8) is 0 Å². The van der Waals surface area contributed by atoms with E-state index in [2.05, 4.69) is 35.6 Å². The molecular formula is C14H22N4O. The van der Waals surface area contributed by atoms with Crippen LogP contribution in [0, 0.1) is 0 Å². The molecule has 1 amide bonds. The fourth-order valence-corrected chi connectivity index (χ4v) is 2.14. The molecule has 5 heteroatoms. The average Bonchev–Trinajstić information content (AvgIpc) is 2.39. The molecule has 1 heterocycles. The highest BCUT2D eigenvalue weighted by molar-refractivity contribution is 5.95. The molecule has 0 fully saturated rings. The van der Waals surface area contributed by atoms with E-state index in [1.54, 1.807) is 0 Å². The largest absolute Gasteiger partial charge is 0.397 e. The van der Waals surface area contributed by atoms with Crippen molar-refractivity contribution < 1.29 is 4.79 Å². The number of hydrogen-bond acceptors (Lipinski definition) is 4. The fourth-order valence-electron chi connectivity index (χ4n) is 2.14. The van der Waals surface area contributed by atoms with Crippen molar-refractivity contribution in [2.24, 2.45) is 0 Å². The number of likely N-dealkylation sites (N-methyl/N-ethyl adjacent to an activating group) is 1. The molecule has 19 heavy (non-hydrogen) atoms. The van der Waals surface area contributed by atoms with Gasteiger partial charge in [0.05, 0.1) is 11.4 Å². The van der Waals surface area contributed by atoms with Crippen LogP contribution in [0.15, 0.2) is 12.1 Å². The van der Waals surface area contributed by atoms with Crippen LogP contribution in [0.5, 0.6) is 0 Å². The minimum atomic E-state index is 0.0668. The summed E-state index contributed by atoms with van der Waals surface area (Å²) in [6.07, 6.45) is 1.33. The van der Waals surface area contributed by atoms with Crippen molar-refractivity contribution >= 4 is 23.0 Å². The number of hydrogen-bond donors (Lipinski definition) is 3. The number of amides is 1. The Balaban J connectivity index is 2.04. The van der Waals surface area contributed by atoms with E-state index >= 15 is 0 Å². The summed E-state index contributed by atoms with van der Waals surface area (Å²) in [4.78, 5) is 13.6. The standard InChI is InChI=1S/C14H22N4O/c1-3-18(2)7-6-16-13-8-10-4-5-14(19)17-12(10)9-11(13)15/h8-9,16H,3-7,15H2,1-2H3,(H,17,19). The van der Waals surface area contributed by atoms with E-state index < -0.39 is 0 Å². The topological polar surface area (TPSA) is 70.4 Å². The molecule has 0 bridgehead atoms. The Morgan fingerprint density at radius 2 is 2.21 bits per heavy atom. The molecule has 1 aromatic carbocycles. The Morgan fingerprint density at radius 1 is 1.42 bits per heavy atom. The number of nitrogens with one attached hydrogen (secondary N) is 2. The van der Waals surface area contributed by atoms with Crippen molar-refractivity contribution in [1.82, 2.24) is 4.90 Å². The summed E-state index contributed by atoms with van der Waals surface area (Å²) in [5, 5.41) is 6.22. The summed E-state index contributed by atoms with van der Waals surface area (Å²) in [7, 11) is 2.09. The molecule has 104 valence electrons. The van der Waals surface area contributed by atoms with Gasteiger partial charge in [0, 0.05) is 25.2 Å². The maximum Gasteiger partial charge on any atom is 0.224 e. The summed E-state index contributed by atoms with van der Waals surface area (Å²) in [5.74, 6) is 0.0668. The molecule has 0 radical (unpaired) electrons. The fraction of sp³-hybridized carbons (Fsp3) is 0.500. The van der Waals surface area contributed by atoms with Crippen molar-refractivity contribution in [2.75, 3.05) is 43.0 Å². The van der Waals surface area contributed by atoms with Crippen molar-refractivity contribution in [3.8, 4) is 0 Å². The number of rotatable bonds is 5. The predicted molar refractivity (Wildman–Crippen MR) is 79.5 cm³/mol. The van der Waals surface area contributed by atoms with E-state index in [1.165, 1.54) is 0 Å². The third kappa shape index (κ3) is 3.38. The van der Waals surface area contributed by atoms with Crippen LogP contribution in [0.1, 0.15) is 18.9 Å². The van der Waals surface area contributed by atoms with E-state index in [0.717, 1.165) is 43.0 Å². The lowest BCUT2D eigenvalue weighted by Gasteiger charge is -2.20. The maximum absolute atomic E-state index is 11.3. The van der Waals surface area contributed by atoms with Gasteiger partial charge in [0.15, 0.2) is 0 Å². The quantitative estimate of drug-likeness (QED) is 0.704. The molecule has 5 nitrogen and oxygen atoms in total. The lowest BCUT2D eigenvalue weighted by Crippen LogP contribution is -2.25. The highest BCUT2D eigenvalue weighted by Crippen LogP contribution is 2.30. The number of nitrogens with two attached hydrogens (primary N) is 1. The van der Waals surface area contributed by atoms with Gasteiger partial charge in [0.1, 0.15) is 0 Å². The third-order valence-corrected chi connectivity index (χ3v) is 3.52. The van der Waals surface area contributed by atoms with Crippen molar-refractivity contribution in [3.05, 3.63) is 17.7 Å². The highest BCUT2D eigenvalue weighted by atomic mass is 16.1. The van der Waals surface area contributed by atoms with Crippen LogP contribution in [0.2, 0.25) is 0 Å². The number of fused-ring (bicyclic) bond motifs is 1. The third-order valence-electron chi connectivity index (χ3n) is 3.52. The second-order valence-corrected chi connectivity index (χ2v) is 4.97. The molecule has 0 aromatic heterocycles. The first-order chi connectivity index (χ1) is 9.10. The number of anilines is 3. The molecule has 0 atom stereocenters. The Labute approximate surface area is 114 Å². The summed E-state index contributed by atoms with van der Waals surface area (Å²) in [5.41, 5.74) is 9.66. The molecule has 0 unspecified atom stereocenters. The molecule has 4 N–H and O–H groups in total. The van der Waals surface area contributed by atoms with Gasteiger partial charge in [-0.15, -0.1) is 0 Å². The van der Waals surface area contributed by atoms with Crippen LogP contribution >= 0.6 is 0 Å². The minimum absolute atomic E-state index is 0.0668. The van der Waals surface area contributed by atoms with Crippen LogP contribution in [0.3, 0.4) is 0 Å². The number of aryl methyl sites for hydroxylation is 1. The van der Waals surface area contributed by atoms with E-state index in [9.17, 15) is 4.79 Å². The summed E-state index contributed by atoms with van der Waals surface area (Å²) >= 11 is 0. The SMILES string of the molecule is CCN(C)CCNc1cc2c(cc1N)NC(=O)CC2. The van der Waals surface area contributed by atoms with Crippen LogP contribution in [0.25, 0.3) is 0 Å². The summed E-state index contributed by atoms with van der Waals surface area (Å²) < 4.78 is 0. The number of carbonyl (C=O) groups excluding carboxylic acids is 1. The average molecular weight is 262 g/mol. The lowest BCUT2D eigenvalue weighted by molar-refractivity contribution is -0.116. The van der Waals surface area contributed by atoms with Crippen LogP contribution < -0.4 is 16.4 Å².